The van der Waals surface area contributed by atoms with Gasteiger partial charge in [-0.25, -0.2) is 0 Å². The molecule has 0 radical (unpaired) electrons. The average molecular weight is 291 g/mol. The maximum absolute atomic E-state index is 12.1. The monoisotopic (exact) mass is 291 g/mol. The fourth-order valence-electron chi connectivity index (χ4n) is 2.20. The minimum Gasteiger partial charge on any atom is -0.484 e. The molecule has 2 amide bonds. The number of hydrogen-bond donors (Lipinski definition) is 3. The maximum Gasteiger partial charge on any atom is 0.257 e. The first-order valence-electron chi connectivity index (χ1n) is 7.14. The predicted molar refractivity (Wildman–Crippen MR) is 80.2 cm³/mol. The van der Waals surface area contributed by atoms with Crippen molar-refractivity contribution in [2.45, 2.75) is 12.8 Å². The van der Waals surface area contributed by atoms with Gasteiger partial charge in [0.25, 0.3) is 5.91 Å². The van der Waals surface area contributed by atoms with E-state index in [2.05, 4.69) is 16.0 Å². The topological polar surface area (TPSA) is 79.5 Å². The molecule has 6 nitrogen and oxygen atoms in total. The molecule has 0 aliphatic carbocycles. The van der Waals surface area contributed by atoms with Gasteiger partial charge >= 0.3 is 0 Å². The Balaban J connectivity index is 1.90. The van der Waals surface area contributed by atoms with E-state index in [1.54, 1.807) is 31.3 Å². The van der Waals surface area contributed by atoms with Crippen molar-refractivity contribution in [1.29, 1.82) is 0 Å². The first kappa shape index (κ1) is 15.3. The number of benzene rings is 1. The smallest absolute Gasteiger partial charge is 0.257 e. The Bertz CT molecular complexity index is 499. The number of ether oxygens (including phenoxy) is 1. The summed E-state index contributed by atoms with van der Waals surface area (Å²) in [6.07, 6.45) is 1.93. The summed E-state index contributed by atoms with van der Waals surface area (Å²) >= 11 is 0. The van der Waals surface area contributed by atoms with Gasteiger partial charge in [-0.1, -0.05) is 6.07 Å². The van der Waals surface area contributed by atoms with Gasteiger partial charge in [0.1, 0.15) is 5.75 Å². The lowest BCUT2D eigenvalue weighted by molar-refractivity contribution is -0.122. The molecule has 0 aromatic heterocycles. The molecule has 21 heavy (non-hydrogen) atoms. The molecule has 0 saturated carbocycles. The van der Waals surface area contributed by atoms with Crippen LogP contribution < -0.4 is 20.7 Å². The van der Waals surface area contributed by atoms with Crippen molar-refractivity contribution in [2.24, 2.45) is 5.92 Å². The van der Waals surface area contributed by atoms with E-state index in [9.17, 15) is 9.59 Å². The van der Waals surface area contributed by atoms with Crippen molar-refractivity contribution in [3.8, 4) is 5.75 Å². The predicted octanol–water partition coefficient (Wildman–Crippen LogP) is 0.749. The number of carbonyl (C=O) groups is 2. The second-order valence-electron chi connectivity index (χ2n) is 5.02. The Labute approximate surface area is 124 Å². The molecule has 1 fully saturated rings. The number of likely N-dealkylation sites (N-methyl/N-ethyl adjacent to an activating group) is 1. The van der Waals surface area contributed by atoms with Crippen LogP contribution in [0.3, 0.4) is 0 Å². The summed E-state index contributed by atoms with van der Waals surface area (Å²) in [6, 6.07) is 7.06. The van der Waals surface area contributed by atoms with Gasteiger partial charge in [0, 0.05) is 25.3 Å². The summed E-state index contributed by atoms with van der Waals surface area (Å²) in [5.41, 5.74) is 0.681. The van der Waals surface area contributed by atoms with Crippen LogP contribution in [0, 0.1) is 5.92 Å². The molecule has 1 heterocycles. The number of amides is 2. The van der Waals surface area contributed by atoms with Gasteiger partial charge in [0.15, 0.2) is 6.61 Å². The zero-order valence-electron chi connectivity index (χ0n) is 12.1. The van der Waals surface area contributed by atoms with Gasteiger partial charge in [-0.15, -0.1) is 0 Å². The Morgan fingerprint density at radius 3 is 3.00 bits per heavy atom. The highest BCUT2D eigenvalue weighted by Gasteiger charge is 2.20. The second kappa shape index (κ2) is 7.64. The summed E-state index contributed by atoms with van der Waals surface area (Å²) in [7, 11) is 1.56. The lowest BCUT2D eigenvalue weighted by Gasteiger charge is -2.22. The van der Waals surface area contributed by atoms with Gasteiger partial charge in [-0.2, -0.15) is 0 Å². The Kier molecular flexibility index (Phi) is 5.57. The van der Waals surface area contributed by atoms with Crippen LogP contribution >= 0.6 is 0 Å². The van der Waals surface area contributed by atoms with Crippen LogP contribution in [-0.2, 0) is 9.59 Å². The van der Waals surface area contributed by atoms with Gasteiger partial charge < -0.3 is 20.7 Å². The third kappa shape index (κ3) is 4.75. The van der Waals surface area contributed by atoms with E-state index in [1.165, 1.54) is 0 Å². The standard InChI is InChI=1S/C15H21N3O3/c1-16-14(19)10-21-13-6-2-5-12(8-13)18-15(20)11-4-3-7-17-9-11/h2,5-6,8,11,17H,3-4,7,9-10H2,1H3,(H,16,19)(H,18,20)/t11-/m1/s1. The molecule has 0 unspecified atom stereocenters. The first-order chi connectivity index (χ1) is 10.2. The maximum atomic E-state index is 12.1. The van der Waals surface area contributed by atoms with Crippen LogP contribution in [0.15, 0.2) is 24.3 Å². The third-order valence-electron chi connectivity index (χ3n) is 3.42. The minimum atomic E-state index is -0.197. The van der Waals surface area contributed by atoms with Gasteiger partial charge in [0.05, 0.1) is 5.92 Å². The summed E-state index contributed by atoms with van der Waals surface area (Å²) in [5, 5.41) is 8.60. The van der Waals surface area contributed by atoms with Crippen molar-refractivity contribution in [3.63, 3.8) is 0 Å². The highest BCUT2D eigenvalue weighted by atomic mass is 16.5. The van der Waals surface area contributed by atoms with Gasteiger partial charge in [-0.05, 0) is 31.5 Å². The molecule has 1 atom stereocenters. The van der Waals surface area contributed by atoms with Crippen LogP contribution in [-0.4, -0.2) is 38.6 Å². The van der Waals surface area contributed by atoms with Crippen molar-refractivity contribution in [1.82, 2.24) is 10.6 Å². The zero-order valence-corrected chi connectivity index (χ0v) is 12.1. The average Bonchev–Trinajstić information content (AvgIpc) is 2.53. The third-order valence-corrected chi connectivity index (χ3v) is 3.42. The largest absolute Gasteiger partial charge is 0.484 e. The number of piperidine rings is 1. The summed E-state index contributed by atoms with van der Waals surface area (Å²) < 4.78 is 5.35. The van der Waals surface area contributed by atoms with Crippen molar-refractivity contribution >= 4 is 17.5 Å². The van der Waals surface area contributed by atoms with Crippen molar-refractivity contribution in [3.05, 3.63) is 24.3 Å². The zero-order chi connectivity index (χ0) is 15.1. The van der Waals surface area contributed by atoms with Crippen molar-refractivity contribution in [2.75, 3.05) is 32.1 Å². The Hall–Kier alpha value is -2.08. The molecular weight excluding hydrogens is 270 g/mol. The number of anilines is 1. The van der Waals surface area contributed by atoms with Crippen LogP contribution in [0.5, 0.6) is 5.75 Å². The Morgan fingerprint density at radius 2 is 2.29 bits per heavy atom. The highest BCUT2D eigenvalue weighted by Crippen LogP contribution is 2.19. The van der Waals surface area contributed by atoms with Crippen LogP contribution in [0.2, 0.25) is 0 Å². The molecule has 114 valence electrons. The summed E-state index contributed by atoms with van der Waals surface area (Å²) in [5.74, 6) is 0.385. The quantitative estimate of drug-likeness (QED) is 0.748. The molecule has 1 aliphatic heterocycles. The molecule has 1 aromatic rings. The van der Waals surface area contributed by atoms with E-state index in [0.717, 1.165) is 25.9 Å². The van der Waals surface area contributed by atoms with Crippen LogP contribution in [0.25, 0.3) is 0 Å². The fraction of sp³-hybridized carbons (Fsp3) is 0.467. The number of nitrogens with one attached hydrogen (secondary N) is 3. The SMILES string of the molecule is CNC(=O)COc1cccc(NC(=O)[C@@H]2CCCNC2)c1. The van der Waals surface area contributed by atoms with E-state index in [4.69, 9.17) is 4.74 Å². The molecule has 6 heteroatoms. The highest BCUT2D eigenvalue weighted by molar-refractivity contribution is 5.93. The van der Waals surface area contributed by atoms with E-state index in [0.29, 0.717) is 11.4 Å². The van der Waals surface area contributed by atoms with E-state index < -0.39 is 0 Å². The molecule has 1 aromatic carbocycles. The summed E-state index contributed by atoms with van der Waals surface area (Å²) in [4.78, 5) is 23.3. The molecule has 0 spiro atoms. The minimum absolute atomic E-state index is 0.00851. The van der Waals surface area contributed by atoms with Gasteiger partial charge in [-0.3, -0.25) is 9.59 Å². The molecule has 1 saturated heterocycles. The fourth-order valence-corrected chi connectivity index (χ4v) is 2.20. The normalized spacial score (nSPS) is 17.9. The number of hydrogen-bond acceptors (Lipinski definition) is 4. The molecule has 0 bridgehead atoms. The van der Waals surface area contributed by atoms with Crippen LogP contribution in [0.1, 0.15) is 12.8 Å². The van der Waals surface area contributed by atoms with E-state index in [1.807, 2.05) is 0 Å². The second-order valence-corrected chi connectivity index (χ2v) is 5.02. The Morgan fingerprint density at radius 1 is 1.43 bits per heavy atom. The number of rotatable bonds is 5. The molecule has 2 rings (SSSR count). The summed E-state index contributed by atoms with van der Waals surface area (Å²) in [6.45, 7) is 1.66. The van der Waals surface area contributed by atoms with Crippen LogP contribution in [0.4, 0.5) is 5.69 Å². The van der Waals surface area contributed by atoms with Gasteiger partial charge in [0.2, 0.25) is 5.91 Å². The molecule has 1 aliphatic rings. The lowest BCUT2D eigenvalue weighted by Crippen LogP contribution is -2.37. The van der Waals surface area contributed by atoms with Crippen molar-refractivity contribution < 1.29 is 14.3 Å². The lowest BCUT2D eigenvalue weighted by atomic mass is 9.99. The van der Waals surface area contributed by atoms with E-state index >= 15 is 0 Å². The molecule has 3 N–H and O–H groups in total. The van der Waals surface area contributed by atoms with E-state index in [-0.39, 0.29) is 24.3 Å². The first-order valence-corrected chi connectivity index (χ1v) is 7.14. The molecular formula is C15H21N3O3. The number of carbonyl (C=O) groups excluding carboxylic acids is 2.